The largest absolute Gasteiger partial charge is 1.00 e. The SMILES string of the molecule is [H-].[H-].[Li+].[Li+].c1ccncc1. The summed E-state index contributed by atoms with van der Waals surface area (Å²) in [5.41, 5.74) is 0. The summed E-state index contributed by atoms with van der Waals surface area (Å²) in [7, 11) is 0. The maximum atomic E-state index is 3.78. The van der Waals surface area contributed by atoms with E-state index in [0.29, 0.717) is 0 Å². The van der Waals surface area contributed by atoms with Gasteiger partial charge in [0.25, 0.3) is 0 Å². The summed E-state index contributed by atoms with van der Waals surface area (Å²) in [6.07, 6.45) is 3.50. The van der Waals surface area contributed by atoms with Crippen LogP contribution in [0.2, 0.25) is 0 Å². The van der Waals surface area contributed by atoms with Crippen molar-refractivity contribution in [2.24, 2.45) is 0 Å². The zero-order valence-electron chi connectivity index (χ0n) is 7.33. The van der Waals surface area contributed by atoms with Crippen molar-refractivity contribution in [2.75, 3.05) is 0 Å². The third kappa shape index (κ3) is 4.50. The van der Waals surface area contributed by atoms with Crippen LogP contribution < -0.4 is 37.7 Å². The molecule has 0 saturated carbocycles. The fourth-order valence-corrected chi connectivity index (χ4v) is 0.313. The van der Waals surface area contributed by atoms with E-state index in [9.17, 15) is 0 Å². The number of pyridine rings is 1. The Morgan fingerprint density at radius 2 is 1.38 bits per heavy atom. The number of nitrogens with zero attached hydrogens (tertiary/aromatic N) is 1. The molecule has 0 atom stereocenters. The van der Waals surface area contributed by atoms with Gasteiger partial charge < -0.3 is 2.85 Å². The van der Waals surface area contributed by atoms with Crippen molar-refractivity contribution < 1.29 is 40.6 Å². The first-order valence-electron chi connectivity index (χ1n) is 1.85. The second kappa shape index (κ2) is 7.34. The van der Waals surface area contributed by atoms with Crippen LogP contribution in [0, 0.1) is 0 Å². The molecule has 0 aromatic carbocycles. The van der Waals surface area contributed by atoms with Crippen molar-refractivity contribution in [3.63, 3.8) is 0 Å². The molecule has 0 N–H and O–H groups in total. The van der Waals surface area contributed by atoms with Crippen LogP contribution in [0.5, 0.6) is 0 Å². The van der Waals surface area contributed by atoms with Crippen molar-refractivity contribution in [2.45, 2.75) is 0 Å². The molecule has 1 aromatic rings. The number of aromatic nitrogens is 1. The van der Waals surface area contributed by atoms with Crippen LogP contribution in [-0.4, -0.2) is 4.98 Å². The molecule has 0 radical (unpaired) electrons. The van der Waals surface area contributed by atoms with Gasteiger partial charge in [0.1, 0.15) is 0 Å². The van der Waals surface area contributed by atoms with Crippen LogP contribution >= 0.6 is 0 Å². The monoisotopic (exact) mass is 95.1 g/mol. The third-order valence-corrected chi connectivity index (χ3v) is 0.566. The van der Waals surface area contributed by atoms with Gasteiger partial charge in [-0.2, -0.15) is 0 Å². The van der Waals surface area contributed by atoms with Crippen LogP contribution in [0.1, 0.15) is 2.85 Å². The van der Waals surface area contributed by atoms with E-state index in [4.69, 9.17) is 0 Å². The number of hydrogen-bond acceptors (Lipinski definition) is 1. The van der Waals surface area contributed by atoms with Crippen LogP contribution in [0.25, 0.3) is 0 Å². The van der Waals surface area contributed by atoms with Crippen molar-refractivity contribution in [1.82, 2.24) is 4.98 Å². The third-order valence-electron chi connectivity index (χ3n) is 0.566. The summed E-state index contributed by atoms with van der Waals surface area (Å²) in [5.74, 6) is 0. The minimum absolute atomic E-state index is 0. The summed E-state index contributed by atoms with van der Waals surface area (Å²) >= 11 is 0. The Kier molecular flexibility index (Phi) is 10.3. The van der Waals surface area contributed by atoms with Crippen molar-refractivity contribution in [3.8, 4) is 0 Å². The van der Waals surface area contributed by atoms with Crippen molar-refractivity contribution in [3.05, 3.63) is 30.6 Å². The minimum Gasteiger partial charge on any atom is -1.00 e. The van der Waals surface area contributed by atoms with Gasteiger partial charge in [0.05, 0.1) is 0 Å². The Hall–Kier alpha value is 0.345. The zero-order chi connectivity index (χ0) is 4.24. The molecule has 0 saturated heterocycles. The molecule has 0 fully saturated rings. The first-order chi connectivity index (χ1) is 3.00. The first-order valence-corrected chi connectivity index (χ1v) is 1.85. The molecule has 0 aliphatic heterocycles. The Morgan fingerprint density at radius 1 is 0.875 bits per heavy atom. The molecule has 0 aliphatic rings. The molecule has 1 nitrogen and oxygen atoms in total. The van der Waals surface area contributed by atoms with Crippen LogP contribution in [0.15, 0.2) is 30.6 Å². The molecule has 0 spiro atoms. The Morgan fingerprint density at radius 3 is 1.50 bits per heavy atom. The van der Waals surface area contributed by atoms with Gasteiger partial charge in [0, 0.05) is 12.4 Å². The predicted molar refractivity (Wildman–Crippen MR) is 26.5 cm³/mol. The van der Waals surface area contributed by atoms with Crippen LogP contribution in [0.3, 0.4) is 0 Å². The van der Waals surface area contributed by atoms with Gasteiger partial charge in [-0.3, -0.25) is 4.98 Å². The molecule has 0 bridgehead atoms. The van der Waals surface area contributed by atoms with E-state index in [0.717, 1.165) is 0 Å². The van der Waals surface area contributed by atoms with E-state index in [1.807, 2.05) is 18.2 Å². The second-order valence-corrected chi connectivity index (χ2v) is 1.02. The predicted octanol–water partition coefficient (Wildman–Crippen LogP) is -4.69. The van der Waals surface area contributed by atoms with Gasteiger partial charge in [-0.15, -0.1) is 0 Å². The standard InChI is InChI=1S/C5H5N.2Li.2H/c1-2-4-6-5-3-1;;;;/h1-5H;;;;/q;2*+1;2*-1. The summed E-state index contributed by atoms with van der Waals surface area (Å²) in [6, 6.07) is 5.72. The summed E-state index contributed by atoms with van der Waals surface area (Å²) < 4.78 is 0. The smallest absolute Gasteiger partial charge is 1.00 e. The topological polar surface area (TPSA) is 12.9 Å². The first kappa shape index (κ1) is 11.2. The van der Waals surface area contributed by atoms with Gasteiger partial charge in [-0.05, 0) is 12.1 Å². The summed E-state index contributed by atoms with van der Waals surface area (Å²) in [5, 5.41) is 0. The van der Waals surface area contributed by atoms with E-state index >= 15 is 0 Å². The Balaban J connectivity index is -0.0000000450. The van der Waals surface area contributed by atoms with Crippen molar-refractivity contribution in [1.29, 1.82) is 0 Å². The average Bonchev–Trinajstić information content (AvgIpc) is 1.72. The summed E-state index contributed by atoms with van der Waals surface area (Å²) in [6.45, 7) is 0. The van der Waals surface area contributed by atoms with E-state index in [-0.39, 0.29) is 40.6 Å². The molecular formula is C5H7Li2N. The quantitative estimate of drug-likeness (QED) is 0.295. The summed E-state index contributed by atoms with van der Waals surface area (Å²) in [4.78, 5) is 3.78. The van der Waals surface area contributed by atoms with Crippen LogP contribution in [0.4, 0.5) is 0 Å². The van der Waals surface area contributed by atoms with Gasteiger partial charge in [0.2, 0.25) is 0 Å². The molecule has 34 valence electrons. The van der Waals surface area contributed by atoms with Gasteiger partial charge in [0.15, 0.2) is 0 Å². The van der Waals surface area contributed by atoms with Gasteiger partial charge in [-0.25, -0.2) is 0 Å². The van der Waals surface area contributed by atoms with Crippen molar-refractivity contribution >= 4 is 0 Å². The average molecular weight is 95.0 g/mol. The molecule has 3 heteroatoms. The second-order valence-electron chi connectivity index (χ2n) is 1.02. The minimum atomic E-state index is 0. The Labute approximate surface area is 76.2 Å². The van der Waals surface area contributed by atoms with Gasteiger partial charge in [-0.1, -0.05) is 6.07 Å². The molecule has 8 heavy (non-hydrogen) atoms. The van der Waals surface area contributed by atoms with E-state index in [1.54, 1.807) is 12.4 Å². The molecular weight excluding hydrogens is 87.9 g/mol. The van der Waals surface area contributed by atoms with E-state index in [2.05, 4.69) is 4.98 Å². The normalized spacial score (nSPS) is 6.00. The number of rotatable bonds is 0. The molecule has 0 aliphatic carbocycles. The molecule has 0 amide bonds. The fraction of sp³-hybridized carbons (Fsp3) is 0. The zero-order valence-corrected chi connectivity index (χ0v) is 5.33. The Bertz CT molecular complexity index is 89.6. The van der Waals surface area contributed by atoms with E-state index in [1.165, 1.54) is 0 Å². The number of hydrogen-bond donors (Lipinski definition) is 0. The maximum absolute atomic E-state index is 3.78. The molecule has 1 heterocycles. The molecule has 1 aromatic heterocycles. The molecule has 0 unspecified atom stereocenters. The molecule has 1 rings (SSSR count). The van der Waals surface area contributed by atoms with E-state index < -0.39 is 0 Å². The fourth-order valence-electron chi connectivity index (χ4n) is 0.313. The van der Waals surface area contributed by atoms with Crippen LogP contribution in [-0.2, 0) is 0 Å². The maximum Gasteiger partial charge on any atom is 1.00 e. The van der Waals surface area contributed by atoms with Gasteiger partial charge >= 0.3 is 37.7 Å².